The molecule has 1 aromatic rings. The van der Waals surface area contributed by atoms with Crippen molar-refractivity contribution in [3.05, 3.63) is 39.9 Å². The lowest BCUT2D eigenvalue weighted by Crippen LogP contribution is -2.46. The summed E-state index contributed by atoms with van der Waals surface area (Å²) in [4.78, 5) is 36.0. The van der Waals surface area contributed by atoms with E-state index in [4.69, 9.17) is 0 Å². The maximum Gasteiger partial charge on any atom is 0.270 e. The SMILES string of the molecule is CC(NC(=O)c1cccc([N+](=O)[O-])c1)C(=O)N(C)CC1CC1. The molecule has 0 saturated heterocycles. The zero-order chi connectivity index (χ0) is 16.3. The van der Waals surface area contributed by atoms with Crippen LogP contribution in [0.5, 0.6) is 0 Å². The van der Waals surface area contributed by atoms with E-state index in [1.165, 1.54) is 24.3 Å². The van der Waals surface area contributed by atoms with Crippen molar-refractivity contribution in [1.29, 1.82) is 0 Å². The molecule has 0 aliphatic heterocycles. The lowest BCUT2D eigenvalue weighted by Gasteiger charge is -2.22. The van der Waals surface area contributed by atoms with Crippen LogP contribution in [0.1, 0.15) is 30.1 Å². The van der Waals surface area contributed by atoms with E-state index in [-0.39, 0.29) is 17.2 Å². The largest absolute Gasteiger partial charge is 0.344 e. The molecule has 118 valence electrons. The number of carbonyl (C=O) groups is 2. The first-order valence-corrected chi connectivity index (χ1v) is 7.18. The molecule has 0 heterocycles. The van der Waals surface area contributed by atoms with Gasteiger partial charge < -0.3 is 10.2 Å². The highest BCUT2D eigenvalue weighted by Crippen LogP contribution is 2.29. The summed E-state index contributed by atoms with van der Waals surface area (Å²) < 4.78 is 0. The number of nitrogens with one attached hydrogen (secondary N) is 1. The summed E-state index contributed by atoms with van der Waals surface area (Å²) in [5.74, 6) is -0.0799. The van der Waals surface area contributed by atoms with Gasteiger partial charge in [-0.05, 0) is 31.7 Å². The number of nitro groups is 1. The molecular weight excluding hydrogens is 286 g/mol. The van der Waals surface area contributed by atoms with Crippen LogP contribution < -0.4 is 5.32 Å². The molecule has 7 nitrogen and oxygen atoms in total. The standard InChI is InChI=1S/C15H19N3O4/c1-10(15(20)17(2)9-11-6-7-11)16-14(19)12-4-3-5-13(8-12)18(21)22/h3-5,8,10-11H,6-7,9H2,1-2H3,(H,16,19). The van der Waals surface area contributed by atoms with Crippen molar-refractivity contribution in [2.45, 2.75) is 25.8 Å². The Balaban J connectivity index is 1.96. The number of amides is 2. The van der Waals surface area contributed by atoms with E-state index in [1.807, 2.05) is 0 Å². The van der Waals surface area contributed by atoms with E-state index < -0.39 is 16.9 Å². The van der Waals surface area contributed by atoms with Crippen LogP contribution in [0.15, 0.2) is 24.3 Å². The van der Waals surface area contributed by atoms with Crippen LogP contribution in [0.2, 0.25) is 0 Å². The normalized spacial score (nSPS) is 15.0. The Morgan fingerprint density at radius 1 is 1.45 bits per heavy atom. The summed E-state index contributed by atoms with van der Waals surface area (Å²) in [5.41, 5.74) is 0.0103. The van der Waals surface area contributed by atoms with Gasteiger partial charge in [-0.25, -0.2) is 0 Å². The van der Waals surface area contributed by atoms with Crippen molar-refractivity contribution in [3.63, 3.8) is 0 Å². The molecule has 7 heteroatoms. The number of carbonyl (C=O) groups excluding carboxylic acids is 2. The lowest BCUT2D eigenvalue weighted by molar-refractivity contribution is -0.384. The minimum absolute atomic E-state index is 0.155. The van der Waals surface area contributed by atoms with Crippen LogP contribution >= 0.6 is 0 Å². The molecule has 1 unspecified atom stereocenters. The first-order valence-electron chi connectivity index (χ1n) is 7.18. The second-order valence-electron chi connectivity index (χ2n) is 5.66. The lowest BCUT2D eigenvalue weighted by atomic mass is 10.1. The predicted octanol–water partition coefficient (Wildman–Crippen LogP) is 1.58. The van der Waals surface area contributed by atoms with Crippen molar-refractivity contribution in [3.8, 4) is 0 Å². The van der Waals surface area contributed by atoms with Gasteiger partial charge in [0.1, 0.15) is 6.04 Å². The number of rotatable bonds is 6. The average molecular weight is 305 g/mol. The first kappa shape index (κ1) is 15.9. The van der Waals surface area contributed by atoms with Gasteiger partial charge in [-0.3, -0.25) is 19.7 Å². The average Bonchev–Trinajstić information content (AvgIpc) is 3.30. The fourth-order valence-electron chi connectivity index (χ4n) is 2.21. The van der Waals surface area contributed by atoms with Crippen molar-refractivity contribution in [2.75, 3.05) is 13.6 Å². The van der Waals surface area contributed by atoms with Crippen LogP contribution in [0.25, 0.3) is 0 Å². The van der Waals surface area contributed by atoms with E-state index in [1.54, 1.807) is 18.9 Å². The molecule has 2 amide bonds. The molecule has 1 aromatic carbocycles. The topological polar surface area (TPSA) is 92.5 Å². The third kappa shape index (κ3) is 4.03. The Kier molecular flexibility index (Phi) is 4.75. The summed E-state index contributed by atoms with van der Waals surface area (Å²) in [7, 11) is 1.72. The molecule has 0 aromatic heterocycles. The van der Waals surface area contributed by atoms with Crippen LogP contribution in [0, 0.1) is 16.0 Å². The molecule has 0 spiro atoms. The molecule has 1 fully saturated rings. The first-order chi connectivity index (χ1) is 10.4. The molecule has 1 aliphatic rings. The highest BCUT2D eigenvalue weighted by atomic mass is 16.6. The third-order valence-corrected chi connectivity index (χ3v) is 3.64. The summed E-state index contributed by atoms with van der Waals surface area (Å²) in [6, 6.07) is 4.76. The van der Waals surface area contributed by atoms with Crippen LogP contribution in [0.4, 0.5) is 5.69 Å². The number of hydrogen-bond donors (Lipinski definition) is 1. The minimum Gasteiger partial charge on any atom is -0.344 e. The van der Waals surface area contributed by atoms with Gasteiger partial charge in [0.05, 0.1) is 4.92 Å². The quantitative estimate of drug-likeness (QED) is 0.638. The van der Waals surface area contributed by atoms with Crippen molar-refractivity contribution < 1.29 is 14.5 Å². The third-order valence-electron chi connectivity index (χ3n) is 3.64. The van der Waals surface area contributed by atoms with Crippen molar-refractivity contribution >= 4 is 17.5 Å². The predicted molar refractivity (Wildman–Crippen MR) is 80.4 cm³/mol. The fraction of sp³-hybridized carbons (Fsp3) is 0.467. The number of likely N-dealkylation sites (N-methyl/N-ethyl adjacent to an activating group) is 1. The highest BCUT2D eigenvalue weighted by Gasteiger charge is 2.27. The van der Waals surface area contributed by atoms with E-state index in [2.05, 4.69) is 5.32 Å². The van der Waals surface area contributed by atoms with Gasteiger partial charge in [-0.15, -0.1) is 0 Å². The molecule has 1 atom stereocenters. The van der Waals surface area contributed by atoms with E-state index in [0.717, 1.165) is 12.8 Å². The maximum atomic E-state index is 12.2. The summed E-state index contributed by atoms with van der Waals surface area (Å²) >= 11 is 0. The molecular formula is C15H19N3O4. The Labute approximate surface area is 128 Å². The van der Waals surface area contributed by atoms with Crippen LogP contribution in [-0.2, 0) is 4.79 Å². The zero-order valence-corrected chi connectivity index (χ0v) is 12.6. The van der Waals surface area contributed by atoms with E-state index >= 15 is 0 Å². The minimum atomic E-state index is -0.671. The number of benzene rings is 1. The molecule has 2 rings (SSSR count). The number of hydrogen-bond acceptors (Lipinski definition) is 4. The monoisotopic (exact) mass is 305 g/mol. The molecule has 1 N–H and O–H groups in total. The molecule has 0 radical (unpaired) electrons. The van der Waals surface area contributed by atoms with E-state index in [0.29, 0.717) is 12.5 Å². The van der Waals surface area contributed by atoms with Gasteiger partial charge in [-0.2, -0.15) is 0 Å². The summed E-state index contributed by atoms with van der Waals surface area (Å²) in [5, 5.41) is 13.3. The smallest absolute Gasteiger partial charge is 0.270 e. The second kappa shape index (κ2) is 6.55. The fourth-order valence-corrected chi connectivity index (χ4v) is 2.21. The maximum absolute atomic E-state index is 12.2. The molecule has 22 heavy (non-hydrogen) atoms. The number of non-ortho nitro benzene ring substituents is 1. The van der Waals surface area contributed by atoms with Gasteiger partial charge in [0, 0.05) is 31.3 Å². The summed E-state index contributed by atoms with van der Waals surface area (Å²) in [6.07, 6.45) is 2.29. The molecule has 1 aliphatic carbocycles. The van der Waals surface area contributed by atoms with Gasteiger partial charge >= 0.3 is 0 Å². The van der Waals surface area contributed by atoms with Gasteiger partial charge in [0.25, 0.3) is 11.6 Å². The van der Waals surface area contributed by atoms with Crippen LogP contribution in [0.3, 0.4) is 0 Å². The highest BCUT2D eigenvalue weighted by molar-refractivity contribution is 5.97. The Morgan fingerprint density at radius 2 is 2.14 bits per heavy atom. The Hall–Kier alpha value is -2.44. The number of nitrogens with zero attached hydrogens (tertiary/aromatic N) is 2. The Bertz CT molecular complexity index is 598. The van der Waals surface area contributed by atoms with Gasteiger partial charge in [0.2, 0.25) is 5.91 Å². The van der Waals surface area contributed by atoms with E-state index in [9.17, 15) is 19.7 Å². The second-order valence-corrected chi connectivity index (χ2v) is 5.66. The summed E-state index contributed by atoms with van der Waals surface area (Å²) in [6.45, 7) is 2.32. The zero-order valence-electron chi connectivity index (χ0n) is 12.6. The van der Waals surface area contributed by atoms with Gasteiger partial charge in [0.15, 0.2) is 0 Å². The Morgan fingerprint density at radius 3 is 2.73 bits per heavy atom. The van der Waals surface area contributed by atoms with Crippen molar-refractivity contribution in [2.24, 2.45) is 5.92 Å². The molecule has 0 bridgehead atoms. The molecule has 1 saturated carbocycles. The van der Waals surface area contributed by atoms with Crippen molar-refractivity contribution in [1.82, 2.24) is 10.2 Å². The number of nitro benzene ring substituents is 1. The van der Waals surface area contributed by atoms with Gasteiger partial charge in [-0.1, -0.05) is 6.07 Å². The van der Waals surface area contributed by atoms with Crippen LogP contribution in [-0.4, -0.2) is 41.3 Å².